The fourth-order valence-corrected chi connectivity index (χ4v) is 6.52. The predicted octanol–water partition coefficient (Wildman–Crippen LogP) is 4.40. The highest BCUT2D eigenvalue weighted by atomic mass is 16.5. The topological polar surface area (TPSA) is 102 Å². The summed E-state index contributed by atoms with van der Waals surface area (Å²) in [6.07, 6.45) is 11.5. The van der Waals surface area contributed by atoms with Gasteiger partial charge in [0.15, 0.2) is 0 Å². The van der Waals surface area contributed by atoms with Crippen LogP contribution < -0.4 is 11.5 Å². The number of nitrogens with two attached hydrogens (primary N) is 2. The van der Waals surface area contributed by atoms with E-state index in [-0.39, 0.29) is 23.9 Å². The lowest BCUT2D eigenvalue weighted by Crippen LogP contribution is -2.60. The minimum atomic E-state index is -1.03. The minimum absolute atomic E-state index is 0.0964. The van der Waals surface area contributed by atoms with Crippen molar-refractivity contribution in [2.24, 2.45) is 29.2 Å². The van der Waals surface area contributed by atoms with E-state index in [1.165, 1.54) is 32.1 Å². The number of ether oxygens (including phenoxy) is 1. The maximum atomic E-state index is 12.6. The molecular formula is C27H45N3O3. The van der Waals surface area contributed by atoms with Crippen molar-refractivity contribution in [3.63, 3.8) is 0 Å². The van der Waals surface area contributed by atoms with Gasteiger partial charge in [0.2, 0.25) is 0 Å². The summed E-state index contributed by atoms with van der Waals surface area (Å²) in [5.41, 5.74) is 12.2. The van der Waals surface area contributed by atoms with Crippen molar-refractivity contribution in [3.05, 3.63) is 35.9 Å². The molecule has 4 atom stereocenters. The highest BCUT2D eigenvalue weighted by Gasteiger charge is 2.49. The molecule has 5 N–H and O–H groups in total. The number of rotatable bonds is 11. The molecular weight excluding hydrogens is 414 g/mol. The van der Waals surface area contributed by atoms with Crippen molar-refractivity contribution >= 4 is 6.03 Å². The number of urea groups is 1. The lowest BCUT2D eigenvalue weighted by molar-refractivity contribution is -0.0930. The molecule has 0 aromatic heterocycles. The first-order valence-electron chi connectivity index (χ1n) is 13.0. The maximum absolute atomic E-state index is 12.6. The second kappa shape index (κ2) is 12.7. The van der Waals surface area contributed by atoms with Crippen molar-refractivity contribution in [1.29, 1.82) is 0 Å². The van der Waals surface area contributed by atoms with Crippen LogP contribution in [0.2, 0.25) is 0 Å². The number of nitrogens with zero attached hydrogens (tertiary/aromatic N) is 1. The molecule has 6 heteroatoms. The van der Waals surface area contributed by atoms with Crippen LogP contribution >= 0.6 is 0 Å². The number of benzene rings is 1. The quantitative estimate of drug-likeness (QED) is 0.427. The van der Waals surface area contributed by atoms with Crippen LogP contribution in [0.1, 0.15) is 76.2 Å². The molecule has 0 bridgehead atoms. The first-order valence-corrected chi connectivity index (χ1v) is 13.0. The van der Waals surface area contributed by atoms with E-state index >= 15 is 0 Å². The van der Waals surface area contributed by atoms with Crippen LogP contribution in [-0.2, 0) is 10.3 Å². The summed E-state index contributed by atoms with van der Waals surface area (Å²) in [6, 6.07) is 9.47. The van der Waals surface area contributed by atoms with Crippen LogP contribution in [0.3, 0.4) is 0 Å². The zero-order valence-electron chi connectivity index (χ0n) is 20.5. The molecule has 186 valence electrons. The first-order chi connectivity index (χ1) is 16.0. The number of methoxy groups -OCH3 is 1. The third kappa shape index (κ3) is 6.49. The maximum Gasteiger partial charge on any atom is 0.315 e. The van der Waals surface area contributed by atoms with Gasteiger partial charge in [-0.15, -0.1) is 0 Å². The predicted molar refractivity (Wildman–Crippen MR) is 133 cm³/mol. The van der Waals surface area contributed by atoms with E-state index in [9.17, 15) is 9.90 Å². The summed E-state index contributed by atoms with van der Waals surface area (Å²) in [7, 11) is 1.71. The molecule has 3 rings (SSSR count). The van der Waals surface area contributed by atoms with Crippen LogP contribution in [0.25, 0.3) is 0 Å². The highest BCUT2D eigenvalue weighted by molar-refractivity contribution is 5.72. The third-order valence-electron chi connectivity index (χ3n) is 8.16. The molecule has 33 heavy (non-hydrogen) atoms. The van der Waals surface area contributed by atoms with Crippen LogP contribution in [0.4, 0.5) is 4.79 Å². The Hall–Kier alpha value is -1.63. The monoisotopic (exact) mass is 459 g/mol. The molecule has 1 saturated heterocycles. The number of carbonyl (C=O) groups is 1. The molecule has 1 aliphatic heterocycles. The number of carbonyl (C=O) groups excluding carboxylic acids is 1. The van der Waals surface area contributed by atoms with E-state index in [0.29, 0.717) is 32.0 Å². The van der Waals surface area contributed by atoms with Crippen molar-refractivity contribution < 1.29 is 14.6 Å². The van der Waals surface area contributed by atoms with Gasteiger partial charge in [-0.1, -0.05) is 62.4 Å². The van der Waals surface area contributed by atoms with Gasteiger partial charge < -0.3 is 26.2 Å². The molecule has 1 aliphatic carbocycles. The lowest BCUT2D eigenvalue weighted by atomic mass is 9.65. The third-order valence-corrected chi connectivity index (χ3v) is 8.16. The van der Waals surface area contributed by atoms with Crippen molar-refractivity contribution in [2.45, 2.75) is 82.3 Å². The highest BCUT2D eigenvalue weighted by Crippen LogP contribution is 2.46. The molecule has 1 aromatic carbocycles. The van der Waals surface area contributed by atoms with Gasteiger partial charge in [0.05, 0.1) is 5.60 Å². The Bertz CT molecular complexity index is 710. The first kappa shape index (κ1) is 26.0. The number of hydrogen-bond acceptors (Lipinski definition) is 4. The standard InChI is InChI=1S/C27H45N3O3/c1-33-18-9-8-16-27(32,23-13-6-3-7-14-23)24-15-10-17-30(26(29)31)25(24)22(20-28)19-21-11-4-2-5-12-21/h3,6-7,13-14,21-22,24-25,32H,2,4-5,8-12,15-20,28H2,1H3,(H2,29,31)/t22-,24?,25?,27+/m0/s1. The molecule has 1 saturated carbocycles. The number of aliphatic hydroxyl groups is 1. The number of hydrogen-bond donors (Lipinski definition) is 3. The second-order valence-electron chi connectivity index (χ2n) is 10.2. The molecule has 0 radical (unpaired) electrons. The van der Waals surface area contributed by atoms with E-state index in [2.05, 4.69) is 0 Å². The Morgan fingerprint density at radius 2 is 1.88 bits per heavy atom. The van der Waals surface area contributed by atoms with Crippen molar-refractivity contribution in [3.8, 4) is 0 Å². The smallest absolute Gasteiger partial charge is 0.315 e. The number of unbranched alkanes of at least 4 members (excludes halogenated alkanes) is 1. The molecule has 0 spiro atoms. The molecule has 6 nitrogen and oxygen atoms in total. The molecule has 2 aliphatic rings. The SMILES string of the molecule is COCCCC[C@@](O)(c1ccccc1)C1CCCN(C(N)=O)C1[C@H](CN)CC1CCCCC1. The zero-order chi connectivity index (χ0) is 23.7. The van der Waals surface area contributed by atoms with Crippen LogP contribution in [0.5, 0.6) is 0 Å². The Morgan fingerprint density at radius 1 is 1.15 bits per heavy atom. The number of primary amides is 1. The van der Waals surface area contributed by atoms with Gasteiger partial charge in [-0.25, -0.2) is 4.79 Å². The van der Waals surface area contributed by atoms with Gasteiger partial charge in [0, 0.05) is 32.2 Å². The van der Waals surface area contributed by atoms with E-state index in [4.69, 9.17) is 16.2 Å². The minimum Gasteiger partial charge on any atom is -0.385 e. The molecule has 2 fully saturated rings. The summed E-state index contributed by atoms with van der Waals surface area (Å²) in [6.45, 7) is 1.84. The lowest BCUT2D eigenvalue weighted by Gasteiger charge is -2.51. The van der Waals surface area contributed by atoms with Crippen LogP contribution in [0.15, 0.2) is 30.3 Å². The van der Waals surface area contributed by atoms with Crippen molar-refractivity contribution in [2.75, 3.05) is 26.8 Å². The summed E-state index contributed by atoms with van der Waals surface area (Å²) >= 11 is 0. The normalized spacial score (nSPS) is 24.9. The van der Waals surface area contributed by atoms with Crippen LogP contribution in [0, 0.1) is 17.8 Å². The molecule has 2 unspecified atom stereocenters. The summed E-state index contributed by atoms with van der Waals surface area (Å²) in [5.74, 6) is 0.692. The number of likely N-dealkylation sites (tertiary alicyclic amines) is 1. The average Bonchev–Trinajstić information content (AvgIpc) is 2.85. The molecule has 2 amide bonds. The summed E-state index contributed by atoms with van der Waals surface area (Å²) < 4.78 is 5.25. The fraction of sp³-hybridized carbons (Fsp3) is 0.741. The second-order valence-corrected chi connectivity index (χ2v) is 10.2. The van der Waals surface area contributed by atoms with Gasteiger partial charge in [-0.3, -0.25) is 0 Å². The Labute approximate surface area is 200 Å². The number of amides is 2. The van der Waals surface area contributed by atoms with Gasteiger partial charge in [0.25, 0.3) is 0 Å². The van der Waals surface area contributed by atoms with Gasteiger partial charge in [0.1, 0.15) is 0 Å². The number of piperidine rings is 1. The molecule has 1 heterocycles. The van der Waals surface area contributed by atoms with Gasteiger partial charge in [-0.05, 0) is 62.5 Å². The molecule has 1 aromatic rings. The Kier molecular flexibility index (Phi) is 10.0. The zero-order valence-corrected chi connectivity index (χ0v) is 20.5. The van der Waals surface area contributed by atoms with Crippen LogP contribution in [-0.4, -0.2) is 48.9 Å². The average molecular weight is 460 g/mol. The summed E-state index contributed by atoms with van der Waals surface area (Å²) in [5, 5.41) is 12.4. The van der Waals surface area contributed by atoms with E-state index in [1.54, 1.807) is 7.11 Å². The fourth-order valence-electron chi connectivity index (χ4n) is 6.52. The Morgan fingerprint density at radius 3 is 2.52 bits per heavy atom. The van der Waals surface area contributed by atoms with E-state index in [1.807, 2.05) is 35.2 Å². The summed E-state index contributed by atoms with van der Waals surface area (Å²) in [4.78, 5) is 14.4. The Balaban J connectivity index is 1.94. The largest absolute Gasteiger partial charge is 0.385 e. The van der Waals surface area contributed by atoms with E-state index in [0.717, 1.165) is 37.7 Å². The van der Waals surface area contributed by atoms with E-state index < -0.39 is 5.60 Å². The van der Waals surface area contributed by atoms with Gasteiger partial charge >= 0.3 is 6.03 Å². The van der Waals surface area contributed by atoms with Gasteiger partial charge in [-0.2, -0.15) is 0 Å². The van der Waals surface area contributed by atoms with Crippen molar-refractivity contribution in [1.82, 2.24) is 4.90 Å².